The van der Waals surface area contributed by atoms with Gasteiger partial charge in [-0.2, -0.15) is 0 Å². The summed E-state index contributed by atoms with van der Waals surface area (Å²) in [6.45, 7) is 2.61. The zero-order valence-electron chi connectivity index (χ0n) is 13.1. The van der Waals surface area contributed by atoms with Crippen molar-refractivity contribution < 1.29 is 14.5 Å². The highest BCUT2D eigenvalue weighted by Gasteiger charge is 2.17. The molecule has 0 atom stereocenters. The highest BCUT2D eigenvalue weighted by atomic mass is 35.5. The molecule has 0 aliphatic carbocycles. The molecule has 0 aromatic heterocycles. The van der Waals surface area contributed by atoms with Gasteiger partial charge in [0.25, 0.3) is 11.6 Å². The van der Waals surface area contributed by atoms with E-state index in [1.165, 1.54) is 12.1 Å². The van der Waals surface area contributed by atoms with Gasteiger partial charge in [-0.05, 0) is 30.7 Å². The molecule has 0 radical (unpaired) electrons. The molecular weight excluding hydrogens is 332 g/mol. The van der Waals surface area contributed by atoms with E-state index in [4.69, 9.17) is 16.3 Å². The number of unbranched alkanes of at least 4 members (excludes halogenated alkanes) is 1. The van der Waals surface area contributed by atoms with E-state index in [0.717, 1.165) is 18.9 Å². The molecule has 0 aliphatic rings. The number of hydrogen-bond acceptors (Lipinski definition) is 4. The molecule has 24 heavy (non-hydrogen) atoms. The maximum atomic E-state index is 12.4. The highest BCUT2D eigenvalue weighted by Crippen LogP contribution is 2.27. The number of ether oxygens (including phenoxy) is 1. The Balaban J connectivity index is 2.18. The summed E-state index contributed by atoms with van der Waals surface area (Å²) in [5.41, 5.74) is 0.350. The summed E-state index contributed by atoms with van der Waals surface area (Å²) in [7, 11) is 0. The Bertz CT molecular complexity index is 749. The lowest BCUT2D eigenvalue weighted by atomic mass is 10.2. The second-order valence-electron chi connectivity index (χ2n) is 5.08. The van der Waals surface area contributed by atoms with Crippen molar-refractivity contribution in [2.75, 3.05) is 11.9 Å². The van der Waals surface area contributed by atoms with Crippen molar-refractivity contribution in [3.05, 3.63) is 63.2 Å². The van der Waals surface area contributed by atoms with Crippen LogP contribution in [0.2, 0.25) is 5.02 Å². The normalized spacial score (nSPS) is 10.2. The van der Waals surface area contributed by atoms with Gasteiger partial charge in [0, 0.05) is 11.6 Å². The van der Waals surface area contributed by atoms with Gasteiger partial charge in [0.15, 0.2) is 0 Å². The molecule has 0 heterocycles. The van der Waals surface area contributed by atoms with Crippen molar-refractivity contribution in [2.24, 2.45) is 0 Å². The standard InChI is InChI=1S/C17H17ClN2O4/c1-2-3-10-24-16-7-5-4-6-14(16)19-17(21)12-8-9-13(18)15(11-12)20(22)23/h4-9,11H,2-3,10H2,1H3,(H,19,21). The average molecular weight is 349 g/mol. The Hall–Kier alpha value is -2.60. The van der Waals surface area contributed by atoms with Crippen LogP contribution >= 0.6 is 11.6 Å². The number of nitrogens with one attached hydrogen (secondary N) is 1. The zero-order valence-corrected chi connectivity index (χ0v) is 13.9. The number of carbonyl (C=O) groups excluding carboxylic acids is 1. The van der Waals surface area contributed by atoms with Crippen LogP contribution in [0.1, 0.15) is 30.1 Å². The Morgan fingerprint density at radius 2 is 2.04 bits per heavy atom. The molecule has 6 nitrogen and oxygen atoms in total. The monoisotopic (exact) mass is 348 g/mol. The number of anilines is 1. The van der Waals surface area contributed by atoms with E-state index in [0.29, 0.717) is 18.0 Å². The molecule has 0 fully saturated rings. The summed E-state index contributed by atoms with van der Waals surface area (Å²) >= 11 is 5.76. The van der Waals surface area contributed by atoms with Crippen LogP contribution in [-0.2, 0) is 0 Å². The molecule has 1 N–H and O–H groups in total. The third-order valence-electron chi connectivity index (χ3n) is 3.30. The van der Waals surface area contributed by atoms with Gasteiger partial charge in [0.05, 0.1) is 17.2 Å². The Morgan fingerprint density at radius 1 is 1.29 bits per heavy atom. The van der Waals surface area contributed by atoms with Gasteiger partial charge in [0.2, 0.25) is 0 Å². The Labute approximate surface area is 144 Å². The van der Waals surface area contributed by atoms with Crippen molar-refractivity contribution in [3.63, 3.8) is 0 Å². The highest BCUT2D eigenvalue weighted by molar-refractivity contribution is 6.32. The lowest BCUT2D eigenvalue weighted by Gasteiger charge is -2.12. The quantitative estimate of drug-likeness (QED) is 0.447. The van der Waals surface area contributed by atoms with Crippen LogP contribution in [0.15, 0.2) is 42.5 Å². The van der Waals surface area contributed by atoms with Crippen molar-refractivity contribution in [3.8, 4) is 5.75 Å². The first kappa shape index (κ1) is 17.7. The molecule has 0 saturated heterocycles. The van der Waals surface area contributed by atoms with Gasteiger partial charge >= 0.3 is 0 Å². The molecule has 0 saturated carbocycles. The lowest BCUT2D eigenvalue weighted by Crippen LogP contribution is -2.13. The number of amides is 1. The summed E-state index contributed by atoms with van der Waals surface area (Å²) in [4.78, 5) is 22.7. The van der Waals surface area contributed by atoms with Crippen LogP contribution in [0.4, 0.5) is 11.4 Å². The van der Waals surface area contributed by atoms with E-state index < -0.39 is 10.8 Å². The lowest BCUT2D eigenvalue weighted by molar-refractivity contribution is -0.384. The number of nitrogens with zero attached hydrogens (tertiary/aromatic N) is 1. The summed E-state index contributed by atoms with van der Waals surface area (Å²) < 4.78 is 5.65. The number of carbonyl (C=O) groups is 1. The first-order chi connectivity index (χ1) is 11.5. The SMILES string of the molecule is CCCCOc1ccccc1NC(=O)c1ccc(Cl)c([N+](=O)[O-])c1. The Kier molecular flexibility index (Phi) is 6.14. The van der Waals surface area contributed by atoms with Gasteiger partial charge < -0.3 is 10.1 Å². The molecule has 2 rings (SSSR count). The first-order valence-corrected chi connectivity index (χ1v) is 7.88. The molecule has 2 aromatic rings. The summed E-state index contributed by atoms with van der Waals surface area (Å²) in [5.74, 6) is 0.0871. The van der Waals surface area contributed by atoms with Crippen LogP contribution in [-0.4, -0.2) is 17.4 Å². The second-order valence-corrected chi connectivity index (χ2v) is 5.48. The molecule has 0 aliphatic heterocycles. The van der Waals surface area contributed by atoms with Crippen molar-refractivity contribution >= 4 is 28.9 Å². The van der Waals surface area contributed by atoms with E-state index in [1.807, 2.05) is 6.07 Å². The molecule has 126 valence electrons. The van der Waals surface area contributed by atoms with Gasteiger partial charge in [-0.3, -0.25) is 14.9 Å². The molecule has 2 aromatic carbocycles. The molecular formula is C17H17ClN2O4. The van der Waals surface area contributed by atoms with Crippen LogP contribution < -0.4 is 10.1 Å². The summed E-state index contributed by atoms with van der Waals surface area (Å²) in [6, 6.07) is 11.0. The van der Waals surface area contributed by atoms with Crippen LogP contribution in [0, 0.1) is 10.1 Å². The van der Waals surface area contributed by atoms with E-state index in [1.54, 1.807) is 18.2 Å². The van der Waals surface area contributed by atoms with E-state index in [-0.39, 0.29) is 16.3 Å². The first-order valence-electron chi connectivity index (χ1n) is 7.50. The molecule has 0 bridgehead atoms. The number of nitro benzene ring substituents is 1. The van der Waals surface area contributed by atoms with E-state index in [9.17, 15) is 14.9 Å². The van der Waals surface area contributed by atoms with E-state index in [2.05, 4.69) is 12.2 Å². The average Bonchev–Trinajstić information content (AvgIpc) is 2.56. The minimum Gasteiger partial charge on any atom is -0.491 e. The van der Waals surface area contributed by atoms with Gasteiger partial charge in [0.1, 0.15) is 10.8 Å². The third kappa shape index (κ3) is 4.45. The summed E-state index contributed by atoms with van der Waals surface area (Å²) in [6.07, 6.45) is 1.91. The number of hydrogen-bond donors (Lipinski definition) is 1. The number of benzene rings is 2. The predicted molar refractivity (Wildman–Crippen MR) is 92.9 cm³/mol. The van der Waals surface area contributed by atoms with Gasteiger partial charge in [-0.25, -0.2) is 0 Å². The minimum atomic E-state index is -0.624. The molecule has 1 amide bonds. The van der Waals surface area contributed by atoms with Crippen molar-refractivity contribution in [1.29, 1.82) is 0 Å². The third-order valence-corrected chi connectivity index (χ3v) is 3.62. The fraction of sp³-hybridized carbons (Fsp3) is 0.235. The van der Waals surface area contributed by atoms with Crippen LogP contribution in [0.25, 0.3) is 0 Å². The zero-order chi connectivity index (χ0) is 17.5. The number of nitro groups is 1. The van der Waals surface area contributed by atoms with E-state index >= 15 is 0 Å². The smallest absolute Gasteiger partial charge is 0.288 e. The number of rotatable bonds is 7. The number of para-hydroxylation sites is 2. The van der Waals surface area contributed by atoms with Crippen LogP contribution in [0.3, 0.4) is 0 Å². The van der Waals surface area contributed by atoms with Crippen molar-refractivity contribution in [1.82, 2.24) is 0 Å². The van der Waals surface area contributed by atoms with Gasteiger partial charge in [-0.15, -0.1) is 0 Å². The number of halogens is 1. The second kappa shape index (κ2) is 8.31. The Morgan fingerprint density at radius 3 is 2.75 bits per heavy atom. The maximum absolute atomic E-state index is 12.4. The van der Waals surface area contributed by atoms with Gasteiger partial charge in [-0.1, -0.05) is 37.1 Å². The summed E-state index contributed by atoms with van der Waals surface area (Å²) in [5, 5.41) is 13.6. The molecule has 7 heteroatoms. The molecule has 0 spiro atoms. The fourth-order valence-corrected chi connectivity index (χ4v) is 2.20. The largest absolute Gasteiger partial charge is 0.491 e. The van der Waals surface area contributed by atoms with Crippen molar-refractivity contribution in [2.45, 2.75) is 19.8 Å². The minimum absolute atomic E-state index is 0.0140. The fourth-order valence-electron chi connectivity index (χ4n) is 2.01. The topological polar surface area (TPSA) is 81.5 Å². The predicted octanol–water partition coefficient (Wildman–Crippen LogP) is 4.68. The van der Waals surface area contributed by atoms with Crippen LogP contribution in [0.5, 0.6) is 5.75 Å². The maximum Gasteiger partial charge on any atom is 0.288 e. The molecule has 0 unspecified atom stereocenters.